The highest BCUT2D eigenvalue weighted by Gasteiger charge is 2.45. The van der Waals surface area contributed by atoms with Gasteiger partial charge in [-0.2, -0.15) is 0 Å². The molecule has 0 bridgehead atoms. The lowest BCUT2D eigenvalue weighted by atomic mass is 9.72. The van der Waals surface area contributed by atoms with Crippen LogP contribution in [0.5, 0.6) is 0 Å². The van der Waals surface area contributed by atoms with Gasteiger partial charge >= 0.3 is 0 Å². The van der Waals surface area contributed by atoms with Crippen LogP contribution in [0.3, 0.4) is 0 Å². The molecule has 0 amide bonds. The van der Waals surface area contributed by atoms with E-state index in [1.54, 1.807) is 0 Å². The second kappa shape index (κ2) is 4.86. The van der Waals surface area contributed by atoms with Crippen molar-refractivity contribution in [2.45, 2.75) is 83.7 Å². The minimum Gasteiger partial charge on any atom is -0.295 e. The second-order valence-corrected chi connectivity index (χ2v) is 5.28. The molecule has 0 saturated carbocycles. The molecule has 0 aromatic rings. The van der Waals surface area contributed by atoms with Gasteiger partial charge in [0, 0.05) is 11.1 Å². The topological polar surface area (TPSA) is 3.24 Å². The Morgan fingerprint density at radius 1 is 0.800 bits per heavy atom. The summed E-state index contributed by atoms with van der Waals surface area (Å²) in [7, 11) is 2.37. The normalized spacial score (nSPS) is 25.4. The van der Waals surface area contributed by atoms with E-state index in [4.69, 9.17) is 0 Å². The molecule has 1 heterocycles. The van der Waals surface area contributed by atoms with Crippen LogP contribution in [-0.2, 0) is 0 Å². The van der Waals surface area contributed by atoms with Crippen molar-refractivity contribution >= 4 is 0 Å². The highest BCUT2D eigenvalue weighted by atomic mass is 15.2. The third-order valence-electron chi connectivity index (χ3n) is 5.34. The average molecular weight is 211 g/mol. The van der Waals surface area contributed by atoms with Gasteiger partial charge in [0.1, 0.15) is 0 Å². The van der Waals surface area contributed by atoms with E-state index in [1.807, 2.05) is 0 Å². The lowest BCUT2D eigenvalue weighted by molar-refractivity contribution is -0.0536. The van der Waals surface area contributed by atoms with Gasteiger partial charge in [-0.15, -0.1) is 0 Å². The van der Waals surface area contributed by atoms with Crippen LogP contribution >= 0.6 is 0 Å². The molecule has 1 aliphatic rings. The van der Waals surface area contributed by atoms with Crippen molar-refractivity contribution in [3.8, 4) is 0 Å². The Bertz CT molecular complexity index is 170. The first-order valence-electron chi connectivity index (χ1n) is 6.84. The van der Waals surface area contributed by atoms with Crippen LogP contribution in [0.4, 0.5) is 0 Å². The third-order valence-corrected chi connectivity index (χ3v) is 5.34. The van der Waals surface area contributed by atoms with Gasteiger partial charge in [0.2, 0.25) is 0 Å². The zero-order valence-corrected chi connectivity index (χ0v) is 11.4. The van der Waals surface area contributed by atoms with E-state index < -0.39 is 0 Å². The summed E-state index contributed by atoms with van der Waals surface area (Å²) in [5.74, 6) is 0. The van der Waals surface area contributed by atoms with Crippen LogP contribution < -0.4 is 0 Å². The molecule has 0 aromatic heterocycles. The lowest BCUT2D eigenvalue weighted by Gasteiger charge is -2.56. The first-order valence-corrected chi connectivity index (χ1v) is 6.84. The van der Waals surface area contributed by atoms with Gasteiger partial charge in [-0.3, -0.25) is 4.90 Å². The van der Waals surface area contributed by atoms with Crippen molar-refractivity contribution in [2.75, 3.05) is 7.05 Å². The van der Waals surface area contributed by atoms with Crippen LogP contribution in [0.1, 0.15) is 72.6 Å². The highest BCUT2D eigenvalue weighted by Crippen LogP contribution is 2.44. The largest absolute Gasteiger partial charge is 0.295 e. The number of hydrogen-bond donors (Lipinski definition) is 0. The Kier molecular flexibility index (Phi) is 4.22. The van der Waals surface area contributed by atoms with Gasteiger partial charge in [0.15, 0.2) is 0 Å². The number of likely N-dealkylation sites (tertiary alicyclic amines) is 1. The summed E-state index contributed by atoms with van der Waals surface area (Å²) >= 11 is 0. The van der Waals surface area contributed by atoms with Gasteiger partial charge in [0.05, 0.1) is 0 Å². The molecule has 0 radical (unpaired) electrons. The maximum atomic E-state index is 2.74. The number of rotatable bonds is 4. The molecule has 1 aliphatic heterocycles. The molecular formula is C14H29N. The molecule has 1 heteroatoms. The highest BCUT2D eigenvalue weighted by molar-refractivity contribution is 5.01. The van der Waals surface area contributed by atoms with Gasteiger partial charge < -0.3 is 0 Å². The quantitative estimate of drug-likeness (QED) is 0.673. The number of hydrogen-bond acceptors (Lipinski definition) is 1. The van der Waals surface area contributed by atoms with Gasteiger partial charge in [-0.1, -0.05) is 27.7 Å². The van der Waals surface area contributed by atoms with Crippen molar-refractivity contribution in [3.63, 3.8) is 0 Å². The molecule has 0 unspecified atom stereocenters. The summed E-state index contributed by atoms with van der Waals surface area (Å²) < 4.78 is 0. The first kappa shape index (κ1) is 13.0. The van der Waals surface area contributed by atoms with Crippen molar-refractivity contribution in [3.05, 3.63) is 0 Å². The minimum absolute atomic E-state index is 0.490. The van der Waals surface area contributed by atoms with Gasteiger partial charge in [-0.25, -0.2) is 0 Å². The minimum atomic E-state index is 0.490. The standard InChI is InChI=1S/C14H29N/c1-6-13(7-2)11-10-12-14(8-3,9-4)15(13)5/h6-12H2,1-5H3. The Morgan fingerprint density at radius 2 is 1.13 bits per heavy atom. The van der Waals surface area contributed by atoms with Crippen LogP contribution in [0.2, 0.25) is 0 Å². The van der Waals surface area contributed by atoms with Crippen molar-refractivity contribution < 1.29 is 0 Å². The number of nitrogens with zero attached hydrogens (tertiary/aromatic N) is 1. The molecular weight excluding hydrogens is 182 g/mol. The van der Waals surface area contributed by atoms with Crippen molar-refractivity contribution in [1.29, 1.82) is 0 Å². The molecule has 90 valence electrons. The average Bonchev–Trinajstić information content (AvgIpc) is 2.30. The molecule has 1 saturated heterocycles. The Labute approximate surface area is 96.2 Å². The molecule has 0 aromatic carbocycles. The van der Waals surface area contributed by atoms with E-state index >= 15 is 0 Å². The molecule has 1 nitrogen and oxygen atoms in total. The third kappa shape index (κ3) is 1.95. The van der Waals surface area contributed by atoms with Crippen LogP contribution in [0.15, 0.2) is 0 Å². The molecule has 15 heavy (non-hydrogen) atoms. The molecule has 0 N–H and O–H groups in total. The summed E-state index contributed by atoms with van der Waals surface area (Å²) in [6, 6.07) is 0. The molecule has 1 fully saturated rings. The maximum Gasteiger partial charge on any atom is 0.0206 e. The summed E-state index contributed by atoms with van der Waals surface area (Å²) in [6.07, 6.45) is 9.46. The molecule has 0 aliphatic carbocycles. The van der Waals surface area contributed by atoms with E-state index in [1.165, 1.54) is 44.9 Å². The van der Waals surface area contributed by atoms with Crippen LogP contribution in [0.25, 0.3) is 0 Å². The Balaban J connectivity index is 2.95. The zero-order chi connectivity index (χ0) is 11.5. The second-order valence-electron chi connectivity index (χ2n) is 5.28. The summed E-state index contributed by atoms with van der Waals surface area (Å²) in [5.41, 5.74) is 0.981. The Hall–Kier alpha value is -0.0400. The zero-order valence-electron chi connectivity index (χ0n) is 11.4. The van der Waals surface area contributed by atoms with E-state index in [0.717, 1.165) is 0 Å². The predicted octanol–water partition coefficient (Wildman–Crippen LogP) is 4.22. The fraction of sp³-hybridized carbons (Fsp3) is 1.00. The fourth-order valence-corrected chi connectivity index (χ4v) is 3.74. The monoisotopic (exact) mass is 211 g/mol. The predicted molar refractivity (Wildman–Crippen MR) is 68.2 cm³/mol. The van der Waals surface area contributed by atoms with Crippen LogP contribution in [0, 0.1) is 0 Å². The lowest BCUT2D eigenvalue weighted by Crippen LogP contribution is -2.60. The summed E-state index contributed by atoms with van der Waals surface area (Å²) in [4.78, 5) is 2.74. The molecule has 0 spiro atoms. The van der Waals surface area contributed by atoms with E-state index in [9.17, 15) is 0 Å². The SMILES string of the molecule is CCC1(CC)CCCC(CC)(CC)N1C. The smallest absolute Gasteiger partial charge is 0.0206 e. The molecule has 1 rings (SSSR count). The van der Waals surface area contributed by atoms with Crippen LogP contribution in [-0.4, -0.2) is 23.0 Å². The van der Waals surface area contributed by atoms with E-state index in [-0.39, 0.29) is 0 Å². The summed E-state index contributed by atoms with van der Waals surface area (Å²) in [6.45, 7) is 9.45. The van der Waals surface area contributed by atoms with Crippen molar-refractivity contribution in [2.24, 2.45) is 0 Å². The summed E-state index contributed by atoms with van der Waals surface area (Å²) in [5, 5.41) is 0. The Morgan fingerprint density at radius 3 is 1.40 bits per heavy atom. The number of piperidine rings is 1. The van der Waals surface area contributed by atoms with Crippen molar-refractivity contribution in [1.82, 2.24) is 4.90 Å². The molecule has 0 atom stereocenters. The van der Waals surface area contributed by atoms with Gasteiger partial charge in [-0.05, 0) is 52.0 Å². The first-order chi connectivity index (χ1) is 7.10. The van der Waals surface area contributed by atoms with E-state index in [0.29, 0.717) is 11.1 Å². The fourth-order valence-electron chi connectivity index (χ4n) is 3.74. The van der Waals surface area contributed by atoms with E-state index in [2.05, 4.69) is 39.6 Å². The van der Waals surface area contributed by atoms with Gasteiger partial charge in [0.25, 0.3) is 0 Å². The maximum absolute atomic E-state index is 2.74.